The van der Waals surface area contributed by atoms with E-state index in [9.17, 15) is 14.7 Å². The molecule has 0 saturated carbocycles. The summed E-state index contributed by atoms with van der Waals surface area (Å²) < 4.78 is 7.03. The molecule has 0 fully saturated rings. The van der Waals surface area contributed by atoms with Crippen LogP contribution in [0.1, 0.15) is 33.1 Å². The fourth-order valence-corrected chi connectivity index (χ4v) is 3.76. The van der Waals surface area contributed by atoms with Crippen LogP contribution in [0.2, 0.25) is 0 Å². The van der Waals surface area contributed by atoms with E-state index in [-0.39, 0.29) is 17.2 Å². The molecule has 1 aliphatic heterocycles. The van der Waals surface area contributed by atoms with E-state index in [0.29, 0.717) is 17.3 Å². The van der Waals surface area contributed by atoms with Gasteiger partial charge in [-0.15, -0.1) is 0 Å². The minimum absolute atomic E-state index is 0.0376. The zero-order valence-electron chi connectivity index (χ0n) is 17.3. The molecule has 31 heavy (non-hydrogen) atoms. The lowest BCUT2D eigenvalue weighted by molar-refractivity contribution is -0.132. The van der Waals surface area contributed by atoms with Crippen LogP contribution in [0.5, 0.6) is 5.75 Å². The molecule has 8 nitrogen and oxygen atoms in total. The third-order valence-corrected chi connectivity index (χ3v) is 5.05. The summed E-state index contributed by atoms with van der Waals surface area (Å²) in [5, 5.41) is 19.7. The quantitative estimate of drug-likeness (QED) is 0.583. The number of amides is 1. The number of aliphatic carboxylic acids is 1. The van der Waals surface area contributed by atoms with Gasteiger partial charge in [0.05, 0.1) is 13.3 Å². The Kier molecular flexibility index (Phi) is 5.21. The van der Waals surface area contributed by atoms with Crippen LogP contribution in [0.15, 0.2) is 60.4 Å². The third kappa shape index (κ3) is 3.87. The standard InChI is InChI=1S/C23H22N4O4/c1-13-8-14(2)10-15(9-13)25-22(28)17-12-24-27-19(11-18(23(29)30)26-21(17)27)16-6-4-5-7-20(16)31-3/h4-12,19,26H,1-3H3,(H,25,28)(H,29,30)/t19-/m1/s1. The van der Waals surface area contributed by atoms with Crippen molar-refractivity contribution in [1.82, 2.24) is 9.78 Å². The number of aromatic nitrogens is 2. The number of ether oxygens (including phenoxy) is 1. The van der Waals surface area contributed by atoms with Crippen molar-refractivity contribution in [2.24, 2.45) is 0 Å². The molecule has 0 saturated heterocycles. The molecule has 1 atom stereocenters. The molecule has 3 aromatic rings. The summed E-state index contributed by atoms with van der Waals surface area (Å²) in [7, 11) is 1.55. The minimum Gasteiger partial charge on any atom is -0.496 e. The van der Waals surface area contributed by atoms with Crippen LogP contribution in [-0.2, 0) is 4.79 Å². The average molecular weight is 418 g/mol. The first-order valence-corrected chi connectivity index (χ1v) is 9.69. The number of nitrogens with zero attached hydrogens (tertiary/aromatic N) is 2. The van der Waals surface area contributed by atoms with Crippen molar-refractivity contribution >= 4 is 23.4 Å². The lowest BCUT2D eigenvalue weighted by Crippen LogP contribution is -2.26. The number of rotatable bonds is 5. The number of carboxylic acids is 1. The maximum absolute atomic E-state index is 13.0. The number of carbonyl (C=O) groups is 2. The van der Waals surface area contributed by atoms with Gasteiger partial charge in [-0.2, -0.15) is 5.10 Å². The Morgan fingerprint density at radius 1 is 1.16 bits per heavy atom. The monoisotopic (exact) mass is 418 g/mol. The molecule has 2 aromatic carbocycles. The highest BCUT2D eigenvalue weighted by Gasteiger charge is 2.30. The summed E-state index contributed by atoms with van der Waals surface area (Å²) in [6.45, 7) is 3.90. The van der Waals surface area contributed by atoms with Crippen LogP contribution >= 0.6 is 0 Å². The number of fused-ring (bicyclic) bond motifs is 1. The van der Waals surface area contributed by atoms with Gasteiger partial charge < -0.3 is 20.5 Å². The molecular formula is C23H22N4O4. The van der Waals surface area contributed by atoms with Crippen molar-refractivity contribution in [3.05, 3.63) is 82.7 Å². The van der Waals surface area contributed by atoms with Gasteiger partial charge in [-0.25, -0.2) is 9.48 Å². The van der Waals surface area contributed by atoms with E-state index in [1.165, 1.54) is 6.20 Å². The van der Waals surface area contributed by atoms with Gasteiger partial charge in [0.25, 0.3) is 5.91 Å². The zero-order chi connectivity index (χ0) is 22.1. The fraction of sp³-hybridized carbons (Fsp3) is 0.174. The molecule has 0 radical (unpaired) electrons. The smallest absolute Gasteiger partial charge is 0.352 e. The predicted octanol–water partition coefficient (Wildman–Crippen LogP) is 3.74. The average Bonchev–Trinajstić information content (AvgIpc) is 3.16. The van der Waals surface area contributed by atoms with Crippen molar-refractivity contribution in [3.63, 3.8) is 0 Å². The molecule has 0 aliphatic carbocycles. The van der Waals surface area contributed by atoms with E-state index >= 15 is 0 Å². The first-order valence-electron chi connectivity index (χ1n) is 9.69. The normalized spacial score (nSPS) is 14.8. The number of hydrogen-bond acceptors (Lipinski definition) is 5. The molecule has 1 aliphatic rings. The Labute approximate surface area is 179 Å². The highest BCUT2D eigenvalue weighted by Crippen LogP contribution is 2.36. The number of hydrogen-bond donors (Lipinski definition) is 3. The van der Waals surface area contributed by atoms with Crippen LogP contribution in [0, 0.1) is 13.8 Å². The third-order valence-electron chi connectivity index (χ3n) is 5.05. The van der Waals surface area contributed by atoms with Gasteiger partial charge in [-0.1, -0.05) is 24.3 Å². The van der Waals surface area contributed by atoms with E-state index in [1.54, 1.807) is 23.9 Å². The summed E-state index contributed by atoms with van der Waals surface area (Å²) in [5.74, 6) is -0.618. The molecule has 0 unspecified atom stereocenters. The lowest BCUT2D eigenvalue weighted by Gasteiger charge is -2.25. The number of carbonyl (C=O) groups excluding carboxylic acids is 1. The number of aryl methyl sites for hydroxylation is 2. The van der Waals surface area contributed by atoms with E-state index in [1.807, 2.05) is 50.2 Å². The van der Waals surface area contributed by atoms with Gasteiger partial charge in [0.15, 0.2) is 0 Å². The Morgan fingerprint density at radius 2 is 1.87 bits per heavy atom. The first-order chi connectivity index (χ1) is 14.9. The fourth-order valence-electron chi connectivity index (χ4n) is 3.76. The molecule has 0 bridgehead atoms. The summed E-state index contributed by atoms with van der Waals surface area (Å²) in [4.78, 5) is 24.8. The molecule has 1 amide bonds. The summed E-state index contributed by atoms with van der Waals surface area (Å²) in [5.41, 5.74) is 3.65. The van der Waals surface area contributed by atoms with E-state index in [0.717, 1.165) is 16.7 Å². The lowest BCUT2D eigenvalue weighted by atomic mass is 10.0. The van der Waals surface area contributed by atoms with Crippen LogP contribution in [0.25, 0.3) is 0 Å². The van der Waals surface area contributed by atoms with Gasteiger partial charge in [0, 0.05) is 11.3 Å². The number of carboxylic acid groups (broad SMARTS) is 1. The largest absolute Gasteiger partial charge is 0.496 e. The first kappa shape index (κ1) is 20.2. The Balaban J connectivity index is 1.75. The maximum atomic E-state index is 13.0. The van der Waals surface area contributed by atoms with E-state index in [2.05, 4.69) is 15.7 Å². The van der Waals surface area contributed by atoms with Crippen LogP contribution < -0.4 is 15.4 Å². The van der Waals surface area contributed by atoms with Gasteiger partial charge in [-0.3, -0.25) is 4.79 Å². The molecular weight excluding hydrogens is 396 g/mol. The Morgan fingerprint density at radius 3 is 2.55 bits per heavy atom. The second-order valence-corrected chi connectivity index (χ2v) is 7.38. The van der Waals surface area contributed by atoms with E-state index in [4.69, 9.17) is 4.74 Å². The summed E-state index contributed by atoms with van der Waals surface area (Å²) in [6, 6.07) is 12.5. The topological polar surface area (TPSA) is 105 Å². The number of methoxy groups -OCH3 is 1. The number of allylic oxidation sites excluding steroid dienone is 1. The number of nitrogens with one attached hydrogen (secondary N) is 2. The second-order valence-electron chi connectivity index (χ2n) is 7.38. The Bertz CT molecular complexity index is 1190. The van der Waals surface area contributed by atoms with Crippen LogP contribution in [-0.4, -0.2) is 33.9 Å². The maximum Gasteiger partial charge on any atom is 0.352 e. The van der Waals surface area contributed by atoms with Gasteiger partial charge in [0.2, 0.25) is 0 Å². The van der Waals surface area contributed by atoms with Crippen molar-refractivity contribution in [2.45, 2.75) is 19.9 Å². The van der Waals surface area contributed by atoms with Crippen molar-refractivity contribution < 1.29 is 19.4 Å². The molecule has 0 spiro atoms. The van der Waals surface area contributed by atoms with E-state index < -0.39 is 12.0 Å². The predicted molar refractivity (Wildman–Crippen MR) is 117 cm³/mol. The van der Waals surface area contributed by atoms with Crippen LogP contribution in [0.4, 0.5) is 11.5 Å². The van der Waals surface area contributed by atoms with Gasteiger partial charge >= 0.3 is 5.97 Å². The minimum atomic E-state index is -1.13. The second kappa shape index (κ2) is 7.98. The summed E-state index contributed by atoms with van der Waals surface area (Å²) >= 11 is 0. The molecule has 1 aromatic heterocycles. The van der Waals surface area contributed by atoms with Gasteiger partial charge in [0.1, 0.15) is 28.9 Å². The number of anilines is 2. The molecule has 3 N–H and O–H groups in total. The highest BCUT2D eigenvalue weighted by molar-refractivity contribution is 6.08. The molecule has 8 heteroatoms. The number of para-hydroxylation sites is 1. The molecule has 2 heterocycles. The highest BCUT2D eigenvalue weighted by atomic mass is 16.5. The SMILES string of the molecule is COc1ccccc1[C@H]1C=C(C(=O)O)Nc2c(C(=O)Nc3cc(C)cc(C)c3)cnn21. The van der Waals surface area contributed by atoms with Crippen molar-refractivity contribution in [1.29, 1.82) is 0 Å². The van der Waals surface area contributed by atoms with Crippen molar-refractivity contribution in [2.75, 3.05) is 17.7 Å². The van der Waals surface area contributed by atoms with Crippen LogP contribution in [0.3, 0.4) is 0 Å². The zero-order valence-corrected chi connectivity index (χ0v) is 17.3. The van der Waals surface area contributed by atoms with Crippen molar-refractivity contribution in [3.8, 4) is 5.75 Å². The number of benzene rings is 2. The Hall–Kier alpha value is -4.07. The molecule has 4 rings (SSSR count). The molecule has 158 valence electrons. The van der Waals surface area contributed by atoms with Gasteiger partial charge in [-0.05, 0) is 49.2 Å². The summed E-state index contributed by atoms with van der Waals surface area (Å²) in [6.07, 6.45) is 2.98.